The van der Waals surface area contributed by atoms with E-state index in [1.165, 1.54) is 0 Å². The van der Waals surface area contributed by atoms with Crippen molar-refractivity contribution in [2.45, 2.75) is 52.9 Å². The molecule has 1 aromatic carbocycles. The van der Waals surface area contributed by atoms with Gasteiger partial charge in [0.05, 0.1) is 24.7 Å². The zero-order chi connectivity index (χ0) is 20.7. The van der Waals surface area contributed by atoms with Crippen molar-refractivity contribution < 1.29 is 19.0 Å². The Morgan fingerprint density at radius 1 is 1.29 bits per heavy atom. The summed E-state index contributed by atoms with van der Waals surface area (Å²) in [4.78, 5) is 12.7. The molecular formula is C22H28N2O4. The highest BCUT2D eigenvalue weighted by atomic mass is 16.5. The zero-order valence-electron chi connectivity index (χ0n) is 17.0. The Morgan fingerprint density at radius 2 is 2.04 bits per heavy atom. The van der Waals surface area contributed by atoms with E-state index in [1.54, 1.807) is 13.8 Å². The number of nitriles is 1. The first kappa shape index (κ1) is 21.4. The van der Waals surface area contributed by atoms with Crippen LogP contribution in [-0.4, -0.2) is 19.2 Å². The van der Waals surface area contributed by atoms with Gasteiger partial charge in [-0.2, -0.15) is 5.26 Å². The number of ether oxygens (including phenoxy) is 3. The normalized spacial score (nSPS) is 16.5. The monoisotopic (exact) mass is 384 g/mol. The fraction of sp³-hybridized carbons (Fsp3) is 0.455. The van der Waals surface area contributed by atoms with Crippen LogP contribution in [0.1, 0.15) is 57.1 Å². The third-order valence-corrected chi connectivity index (χ3v) is 4.58. The van der Waals surface area contributed by atoms with Crippen LogP contribution in [0.3, 0.4) is 0 Å². The van der Waals surface area contributed by atoms with Gasteiger partial charge in [-0.1, -0.05) is 37.5 Å². The summed E-state index contributed by atoms with van der Waals surface area (Å²) >= 11 is 0. The highest BCUT2D eigenvalue weighted by Gasteiger charge is 2.37. The van der Waals surface area contributed by atoms with Crippen molar-refractivity contribution in [3.63, 3.8) is 0 Å². The van der Waals surface area contributed by atoms with E-state index in [-0.39, 0.29) is 23.6 Å². The van der Waals surface area contributed by atoms with Crippen LogP contribution in [0.4, 0.5) is 0 Å². The number of allylic oxidation sites excluding steroid dienone is 2. The molecule has 0 saturated heterocycles. The first-order valence-corrected chi connectivity index (χ1v) is 9.63. The van der Waals surface area contributed by atoms with Crippen LogP contribution in [-0.2, 0) is 14.3 Å². The molecule has 1 aromatic rings. The second-order valence-electron chi connectivity index (χ2n) is 6.71. The van der Waals surface area contributed by atoms with Crippen LogP contribution >= 0.6 is 0 Å². The van der Waals surface area contributed by atoms with E-state index < -0.39 is 11.9 Å². The topological polar surface area (TPSA) is 94.6 Å². The molecule has 0 amide bonds. The molecule has 0 aromatic heterocycles. The smallest absolute Gasteiger partial charge is 0.338 e. The van der Waals surface area contributed by atoms with Crippen molar-refractivity contribution >= 4 is 5.97 Å². The molecule has 0 radical (unpaired) electrons. The van der Waals surface area contributed by atoms with Gasteiger partial charge in [0.2, 0.25) is 5.88 Å². The third kappa shape index (κ3) is 4.66. The Morgan fingerprint density at radius 3 is 2.68 bits per heavy atom. The summed E-state index contributed by atoms with van der Waals surface area (Å²) in [5.74, 6) is -0.263. The van der Waals surface area contributed by atoms with Gasteiger partial charge < -0.3 is 19.9 Å². The summed E-state index contributed by atoms with van der Waals surface area (Å²) in [5.41, 5.74) is 8.13. The van der Waals surface area contributed by atoms with E-state index in [9.17, 15) is 10.1 Å². The molecule has 0 bridgehead atoms. The van der Waals surface area contributed by atoms with E-state index in [4.69, 9.17) is 19.9 Å². The van der Waals surface area contributed by atoms with Crippen LogP contribution in [0, 0.1) is 18.3 Å². The molecule has 1 heterocycles. The van der Waals surface area contributed by atoms with Crippen molar-refractivity contribution in [2.24, 2.45) is 5.73 Å². The molecular weight excluding hydrogens is 356 g/mol. The van der Waals surface area contributed by atoms with Gasteiger partial charge in [-0.05, 0) is 33.3 Å². The number of hydrogen-bond acceptors (Lipinski definition) is 6. The average Bonchev–Trinajstić information content (AvgIpc) is 2.65. The van der Waals surface area contributed by atoms with E-state index in [0.717, 1.165) is 24.8 Å². The van der Waals surface area contributed by atoms with Crippen molar-refractivity contribution in [2.75, 3.05) is 13.2 Å². The maximum absolute atomic E-state index is 12.7. The minimum absolute atomic E-state index is 0.00325. The number of benzene rings is 1. The second-order valence-corrected chi connectivity index (χ2v) is 6.71. The van der Waals surface area contributed by atoms with E-state index >= 15 is 0 Å². The fourth-order valence-electron chi connectivity index (χ4n) is 3.22. The van der Waals surface area contributed by atoms with Crippen LogP contribution in [0.15, 0.2) is 41.0 Å². The second kappa shape index (κ2) is 9.84. The van der Waals surface area contributed by atoms with E-state index in [2.05, 4.69) is 13.0 Å². The minimum Gasteiger partial charge on any atom is -0.493 e. The number of nitrogens with two attached hydrogens (primary N) is 1. The number of unbranched alkanes of at least 4 members (excludes halogenated alkanes) is 2. The summed E-state index contributed by atoms with van der Waals surface area (Å²) in [5, 5.41) is 9.73. The first-order valence-electron chi connectivity index (χ1n) is 9.63. The first-order chi connectivity index (χ1) is 13.4. The molecule has 0 fully saturated rings. The quantitative estimate of drug-likeness (QED) is 0.533. The fourth-order valence-corrected chi connectivity index (χ4v) is 3.22. The van der Waals surface area contributed by atoms with E-state index in [0.29, 0.717) is 23.7 Å². The average molecular weight is 384 g/mol. The lowest BCUT2D eigenvalue weighted by Crippen LogP contribution is -2.26. The number of nitrogens with zero attached hydrogens (tertiary/aromatic N) is 1. The Bertz CT molecular complexity index is 833. The number of rotatable bonds is 8. The number of carbonyl (C=O) groups excluding carboxylic acids is 1. The molecule has 1 aliphatic heterocycles. The van der Waals surface area contributed by atoms with Gasteiger partial charge in [0.25, 0.3) is 0 Å². The van der Waals surface area contributed by atoms with Gasteiger partial charge in [-0.15, -0.1) is 0 Å². The Kier molecular flexibility index (Phi) is 7.51. The Balaban J connectivity index is 2.56. The molecule has 1 unspecified atom stereocenters. The third-order valence-electron chi connectivity index (χ3n) is 4.58. The lowest BCUT2D eigenvalue weighted by Gasteiger charge is -2.28. The zero-order valence-corrected chi connectivity index (χ0v) is 17.0. The van der Waals surface area contributed by atoms with Gasteiger partial charge in [0.1, 0.15) is 23.2 Å². The van der Waals surface area contributed by atoms with E-state index in [1.807, 2.05) is 25.1 Å². The molecule has 0 spiro atoms. The maximum Gasteiger partial charge on any atom is 0.338 e. The predicted molar refractivity (Wildman–Crippen MR) is 106 cm³/mol. The number of esters is 1. The largest absolute Gasteiger partial charge is 0.493 e. The number of aryl methyl sites for hydroxylation is 1. The minimum atomic E-state index is -0.695. The summed E-state index contributed by atoms with van der Waals surface area (Å²) in [7, 11) is 0. The van der Waals surface area contributed by atoms with Gasteiger partial charge in [-0.25, -0.2) is 4.79 Å². The SMILES string of the molecule is CCCCCOc1ccc(C)cc1C1C(C#N)=C(N)OC(C)=C1C(=O)OCC. The van der Waals surface area contributed by atoms with Crippen molar-refractivity contribution in [3.05, 3.63) is 52.1 Å². The molecule has 6 nitrogen and oxygen atoms in total. The van der Waals surface area contributed by atoms with Crippen molar-refractivity contribution in [3.8, 4) is 11.8 Å². The highest BCUT2D eigenvalue weighted by Crippen LogP contribution is 2.43. The van der Waals surface area contributed by atoms with Crippen LogP contribution in [0.25, 0.3) is 0 Å². The number of carbonyl (C=O) groups is 1. The molecule has 28 heavy (non-hydrogen) atoms. The summed E-state index contributed by atoms with van der Waals surface area (Å²) in [6.07, 6.45) is 3.10. The molecule has 1 atom stereocenters. The van der Waals surface area contributed by atoms with Gasteiger partial charge in [-0.3, -0.25) is 0 Å². The molecule has 2 rings (SSSR count). The van der Waals surface area contributed by atoms with Gasteiger partial charge in [0.15, 0.2) is 0 Å². The molecule has 0 saturated carbocycles. The lowest BCUT2D eigenvalue weighted by molar-refractivity contribution is -0.139. The van der Waals surface area contributed by atoms with Crippen LogP contribution in [0.2, 0.25) is 0 Å². The maximum atomic E-state index is 12.7. The van der Waals surface area contributed by atoms with Crippen LogP contribution < -0.4 is 10.5 Å². The molecule has 1 aliphatic rings. The summed E-state index contributed by atoms with van der Waals surface area (Å²) in [6, 6.07) is 7.84. The van der Waals surface area contributed by atoms with Crippen LogP contribution in [0.5, 0.6) is 5.75 Å². The number of hydrogen-bond donors (Lipinski definition) is 1. The Labute approximate surface area is 166 Å². The van der Waals surface area contributed by atoms with Crippen molar-refractivity contribution in [1.82, 2.24) is 0 Å². The molecule has 0 aliphatic carbocycles. The standard InChI is InChI=1S/C22H28N2O4/c1-5-7-8-11-27-18-10-9-14(3)12-16(18)20-17(13-23)21(24)28-15(4)19(20)22(25)26-6-2/h9-10,12,20H,5-8,11,24H2,1-4H3. The van der Waals surface area contributed by atoms with Gasteiger partial charge in [0, 0.05) is 5.56 Å². The predicted octanol–water partition coefficient (Wildman–Crippen LogP) is 4.21. The summed E-state index contributed by atoms with van der Waals surface area (Å²) in [6.45, 7) is 8.24. The summed E-state index contributed by atoms with van der Waals surface area (Å²) < 4.78 is 16.7. The van der Waals surface area contributed by atoms with Gasteiger partial charge >= 0.3 is 5.97 Å². The molecule has 6 heteroatoms. The molecule has 150 valence electrons. The molecule has 2 N–H and O–H groups in total. The van der Waals surface area contributed by atoms with Crippen molar-refractivity contribution in [1.29, 1.82) is 5.26 Å². The lowest BCUT2D eigenvalue weighted by atomic mass is 9.82. The Hall–Kier alpha value is -2.94. The highest BCUT2D eigenvalue weighted by molar-refractivity contribution is 5.92.